The van der Waals surface area contributed by atoms with Crippen LogP contribution in [0.25, 0.3) is 11.4 Å². The van der Waals surface area contributed by atoms with E-state index in [0.29, 0.717) is 16.6 Å². The van der Waals surface area contributed by atoms with Crippen molar-refractivity contribution in [3.05, 3.63) is 53.1 Å². The van der Waals surface area contributed by atoms with Gasteiger partial charge in [-0.05, 0) is 85.5 Å². The number of hydrazone groups is 1. The molecule has 0 saturated heterocycles. The van der Waals surface area contributed by atoms with E-state index in [1.807, 2.05) is 24.3 Å². The van der Waals surface area contributed by atoms with Gasteiger partial charge in [0.2, 0.25) is 0 Å². The van der Waals surface area contributed by atoms with Crippen LogP contribution in [0.1, 0.15) is 43.7 Å². The first-order valence-electron chi connectivity index (χ1n) is 10.7. The van der Waals surface area contributed by atoms with Crippen molar-refractivity contribution in [1.82, 2.24) is 15.6 Å². The van der Waals surface area contributed by atoms with Gasteiger partial charge >= 0.3 is 5.16 Å². The fourth-order valence-electron chi connectivity index (χ4n) is 3.86. The number of halogens is 1. The highest BCUT2D eigenvalue weighted by Crippen LogP contribution is 2.29. The van der Waals surface area contributed by atoms with Crippen LogP contribution in [-0.2, 0) is 4.79 Å². The first-order chi connectivity index (χ1) is 16.0. The predicted octanol–water partition coefficient (Wildman–Crippen LogP) is 4.18. The van der Waals surface area contributed by atoms with E-state index in [4.69, 9.17) is 11.6 Å². The van der Waals surface area contributed by atoms with E-state index in [1.165, 1.54) is 49.4 Å². The smallest absolute Gasteiger partial charge is 0.337 e. The van der Waals surface area contributed by atoms with Crippen LogP contribution >= 0.6 is 23.4 Å². The topological polar surface area (TPSA) is 114 Å². The molecule has 4 rings (SSSR count). The number of phenolic OH excluding ortho intramolecular Hbond substituents is 2. The summed E-state index contributed by atoms with van der Waals surface area (Å²) in [4.78, 5) is 12.3. The SMILES string of the molecule is O=C(CSc1n[nH]c(-c2ccc(Cl)cc2)[n+]1C1CCCCC1)N/N=C/c1ccc(O)c(O)c1. The van der Waals surface area contributed by atoms with Gasteiger partial charge in [-0.2, -0.15) is 5.10 Å². The Morgan fingerprint density at radius 1 is 1.18 bits per heavy atom. The van der Waals surface area contributed by atoms with Gasteiger partial charge in [0.25, 0.3) is 11.7 Å². The number of hydrogen-bond donors (Lipinski definition) is 4. The van der Waals surface area contributed by atoms with Gasteiger partial charge in [0, 0.05) is 5.02 Å². The summed E-state index contributed by atoms with van der Waals surface area (Å²) in [5, 5.41) is 31.9. The average Bonchev–Trinajstić information content (AvgIpc) is 3.25. The number of hydrogen-bond acceptors (Lipinski definition) is 6. The molecule has 0 unspecified atom stereocenters. The lowest BCUT2D eigenvalue weighted by Gasteiger charge is -2.21. The van der Waals surface area contributed by atoms with Gasteiger partial charge in [-0.15, -0.1) is 5.10 Å². The molecule has 4 N–H and O–H groups in total. The number of benzene rings is 2. The number of carbonyl (C=O) groups excluding carboxylic acids is 1. The number of amides is 1. The molecular formula is C23H25ClN5O3S+. The summed E-state index contributed by atoms with van der Waals surface area (Å²) in [5.41, 5.74) is 4.03. The second-order valence-electron chi connectivity index (χ2n) is 7.85. The third kappa shape index (κ3) is 5.85. The van der Waals surface area contributed by atoms with E-state index in [1.54, 1.807) is 6.07 Å². The Bertz CT molecular complexity index is 1140. The minimum atomic E-state index is -0.273. The number of aromatic nitrogens is 3. The van der Waals surface area contributed by atoms with Gasteiger partial charge in [-0.3, -0.25) is 4.79 Å². The number of nitrogens with zero attached hydrogens (tertiary/aromatic N) is 3. The largest absolute Gasteiger partial charge is 0.504 e. The van der Waals surface area contributed by atoms with Crippen LogP contribution < -0.4 is 9.99 Å². The van der Waals surface area contributed by atoms with Crippen molar-refractivity contribution in [2.75, 3.05) is 5.75 Å². The number of thioether (sulfide) groups is 1. The van der Waals surface area contributed by atoms with Crippen molar-refractivity contribution in [2.45, 2.75) is 43.3 Å². The first-order valence-corrected chi connectivity index (χ1v) is 12.1. The molecule has 0 atom stereocenters. The standard InChI is InChI=1S/C23H24ClN5O3S/c24-17-9-7-16(8-10-17)22-27-28-23(29(22)18-4-2-1-3-5-18)33-14-21(32)26-25-13-15-6-11-19(30)20(31)12-15/h6-13,18H,1-5,14H2,(H3,25,26,30,31,32)/p+1. The number of rotatable bonds is 7. The molecule has 0 spiro atoms. The highest BCUT2D eigenvalue weighted by molar-refractivity contribution is 7.99. The van der Waals surface area contributed by atoms with Crippen LogP contribution in [-0.4, -0.2) is 38.3 Å². The molecule has 10 heteroatoms. The molecule has 0 bridgehead atoms. The predicted molar refractivity (Wildman–Crippen MR) is 128 cm³/mol. The average molecular weight is 487 g/mol. The summed E-state index contributed by atoms with van der Waals surface area (Å²) in [7, 11) is 0. The van der Waals surface area contributed by atoms with Crippen molar-refractivity contribution >= 4 is 35.5 Å². The monoisotopic (exact) mass is 486 g/mol. The Morgan fingerprint density at radius 3 is 2.67 bits per heavy atom. The van der Waals surface area contributed by atoms with Crippen molar-refractivity contribution in [1.29, 1.82) is 0 Å². The molecule has 1 aliphatic carbocycles. The van der Waals surface area contributed by atoms with Crippen LogP contribution in [0.2, 0.25) is 5.02 Å². The van der Waals surface area contributed by atoms with E-state index < -0.39 is 0 Å². The molecule has 0 aliphatic heterocycles. The number of phenols is 2. The number of nitrogens with one attached hydrogen (secondary N) is 2. The first kappa shape index (κ1) is 23.1. The number of aromatic hydroxyl groups is 2. The minimum absolute atomic E-state index is 0.149. The van der Waals surface area contributed by atoms with Gasteiger partial charge in [0.15, 0.2) is 11.5 Å². The van der Waals surface area contributed by atoms with Gasteiger partial charge in [-0.1, -0.05) is 18.0 Å². The van der Waals surface area contributed by atoms with Gasteiger partial charge < -0.3 is 10.2 Å². The molecule has 172 valence electrons. The Kier molecular flexibility index (Phi) is 7.51. The molecule has 1 saturated carbocycles. The zero-order chi connectivity index (χ0) is 23.2. The van der Waals surface area contributed by atoms with Gasteiger partial charge in [-0.25, -0.2) is 9.99 Å². The molecule has 3 aromatic rings. The fourth-order valence-corrected chi connectivity index (χ4v) is 4.80. The lowest BCUT2D eigenvalue weighted by Crippen LogP contribution is -2.43. The molecule has 0 radical (unpaired) electrons. The molecule has 8 nitrogen and oxygen atoms in total. The number of H-pyrrole nitrogens is 1. The lowest BCUT2D eigenvalue weighted by atomic mass is 9.95. The molecule has 1 fully saturated rings. The second kappa shape index (κ2) is 10.7. The Morgan fingerprint density at radius 2 is 1.94 bits per heavy atom. The number of aromatic amines is 1. The maximum absolute atomic E-state index is 12.3. The van der Waals surface area contributed by atoms with Gasteiger partial charge in [0.05, 0.1) is 28.7 Å². The molecule has 1 aromatic heterocycles. The normalized spacial score (nSPS) is 14.6. The summed E-state index contributed by atoms with van der Waals surface area (Å²) < 4.78 is 2.21. The molecular weight excluding hydrogens is 462 g/mol. The highest BCUT2D eigenvalue weighted by Gasteiger charge is 2.30. The highest BCUT2D eigenvalue weighted by atomic mass is 35.5. The van der Waals surface area contributed by atoms with Crippen molar-refractivity contribution in [2.24, 2.45) is 5.10 Å². The lowest BCUT2D eigenvalue weighted by molar-refractivity contribution is -0.749. The third-order valence-electron chi connectivity index (χ3n) is 5.50. The summed E-state index contributed by atoms with van der Waals surface area (Å²) in [6.45, 7) is 0. The van der Waals surface area contributed by atoms with Crippen LogP contribution in [0.5, 0.6) is 11.5 Å². The van der Waals surface area contributed by atoms with E-state index >= 15 is 0 Å². The van der Waals surface area contributed by atoms with Crippen LogP contribution in [0.3, 0.4) is 0 Å². The zero-order valence-corrected chi connectivity index (χ0v) is 19.4. The quantitative estimate of drug-likeness (QED) is 0.131. The molecule has 1 amide bonds. The maximum atomic E-state index is 12.3. The molecule has 1 heterocycles. The Balaban J connectivity index is 1.44. The Hall–Kier alpha value is -3.04. The Labute approximate surface area is 200 Å². The minimum Gasteiger partial charge on any atom is -0.504 e. The van der Waals surface area contributed by atoms with Crippen molar-refractivity contribution in [3.63, 3.8) is 0 Å². The van der Waals surface area contributed by atoms with E-state index in [0.717, 1.165) is 29.4 Å². The summed E-state index contributed by atoms with van der Waals surface area (Å²) in [6.07, 6.45) is 7.15. The second-order valence-corrected chi connectivity index (χ2v) is 9.23. The van der Waals surface area contributed by atoms with Crippen LogP contribution in [0.15, 0.2) is 52.7 Å². The molecule has 33 heavy (non-hydrogen) atoms. The third-order valence-corrected chi connectivity index (χ3v) is 6.70. The van der Waals surface area contributed by atoms with E-state index in [2.05, 4.69) is 25.3 Å². The summed E-state index contributed by atoms with van der Waals surface area (Å²) >= 11 is 7.41. The van der Waals surface area contributed by atoms with Crippen LogP contribution in [0, 0.1) is 0 Å². The number of carbonyl (C=O) groups is 1. The van der Waals surface area contributed by atoms with Gasteiger partial charge in [0.1, 0.15) is 0 Å². The summed E-state index contributed by atoms with van der Waals surface area (Å²) in [6, 6.07) is 12.3. The van der Waals surface area contributed by atoms with Crippen LogP contribution in [0.4, 0.5) is 0 Å². The molecule has 1 aliphatic rings. The van der Waals surface area contributed by atoms with Crippen molar-refractivity contribution in [3.8, 4) is 22.9 Å². The van der Waals surface area contributed by atoms with E-state index in [9.17, 15) is 15.0 Å². The molecule has 2 aromatic carbocycles. The summed E-state index contributed by atoms with van der Waals surface area (Å²) in [5.74, 6) is 0.326. The van der Waals surface area contributed by atoms with E-state index in [-0.39, 0.29) is 23.2 Å². The zero-order valence-electron chi connectivity index (χ0n) is 17.9. The van der Waals surface area contributed by atoms with Crippen molar-refractivity contribution < 1.29 is 19.6 Å². The maximum Gasteiger partial charge on any atom is 0.337 e. The fraction of sp³-hybridized carbons (Fsp3) is 0.304.